The molecule has 1 heterocycles. The summed E-state index contributed by atoms with van der Waals surface area (Å²) >= 11 is 0. The van der Waals surface area contributed by atoms with Crippen LogP contribution in [-0.2, 0) is 6.42 Å². The minimum absolute atomic E-state index is 0.118. The Morgan fingerprint density at radius 3 is 2.36 bits per heavy atom. The van der Waals surface area contributed by atoms with E-state index in [-0.39, 0.29) is 5.91 Å². The topological polar surface area (TPSA) is 54.0 Å². The van der Waals surface area contributed by atoms with Crippen molar-refractivity contribution in [1.29, 1.82) is 0 Å². The Bertz CT molecular complexity index is 591. The van der Waals surface area contributed by atoms with Gasteiger partial charge < -0.3 is 10.6 Å². The van der Waals surface area contributed by atoms with Gasteiger partial charge in [-0.05, 0) is 42.7 Å². The van der Waals surface area contributed by atoms with Gasteiger partial charge in [0.15, 0.2) is 0 Å². The molecule has 0 radical (unpaired) electrons. The highest BCUT2D eigenvalue weighted by Crippen LogP contribution is 2.16. The van der Waals surface area contributed by atoms with Crippen LogP contribution in [-0.4, -0.2) is 17.4 Å². The number of nitrogens with one attached hydrogen (secondary N) is 2. The number of rotatable bonds is 7. The van der Waals surface area contributed by atoms with E-state index in [9.17, 15) is 4.79 Å². The second kappa shape index (κ2) is 8.17. The van der Waals surface area contributed by atoms with Crippen molar-refractivity contribution in [2.75, 3.05) is 11.9 Å². The van der Waals surface area contributed by atoms with Crippen LogP contribution < -0.4 is 10.6 Å². The summed E-state index contributed by atoms with van der Waals surface area (Å²) in [5, 5.41) is 6.14. The van der Waals surface area contributed by atoms with Gasteiger partial charge in [-0.25, -0.2) is 4.98 Å². The lowest BCUT2D eigenvalue weighted by molar-refractivity contribution is 0.0948. The van der Waals surface area contributed by atoms with Crippen molar-refractivity contribution in [2.24, 2.45) is 0 Å². The molecule has 0 aliphatic heterocycles. The molecule has 2 aromatic rings. The lowest BCUT2D eigenvalue weighted by Gasteiger charge is -2.08. The number of aromatic nitrogens is 1. The number of aryl methyl sites for hydroxylation is 1. The Morgan fingerprint density at radius 1 is 1.05 bits per heavy atom. The van der Waals surface area contributed by atoms with Crippen LogP contribution in [0, 0.1) is 0 Å². The first-order valence-corrected chi connectivity index (χ1v) is 7.83. The zero-order valence-electron chi connectivity index (χ0n) is 13.2. The Balaban J connectivity index is 1.94. The van der Waals surface area contributed by atoms with Crippen LogP contribution in [0.2, 0.25) is 0 Å². The predicted octanol–water partition coefficient (Wildman–Crippen LogP) is 3.92. The fourth-order valence-corrected chi connectivity index (χ4v) is 2.06. The monoisotopic (exact) mass is 297 g/mol. The van der Waals surface area contributed by atoms with Crippen LogP contribution in [0.3, 0.4) is 0 Å². The SMILES string of the molecule is CCCCNC(=O)c1ccc(Nc2ccc(CC)cc2)cn1. The molecule has 2 rings (SSSR count). The minimum Gasteiger partial charge on any atom is -0.354 e. The van der Waals surface area contributed by atoms with Crippen LogP contribution in [0.1, 0.15) is 42.7 Å². The van der Waals surface area contributed by atoms with Crippen molar-refractivity contribution in [1.82, 2.24) is 10.3 Å². The first kappa shape index (κ1) is 16.0. The maximum Gasteiger partial charge on any atom is 0.269 e. The van der Waals surface area contributed by atoms with E-state index < -0.39 is 0 Å². The Morgan fingerprint density at radius 2 is 1.77 bits per heavy atom. The molecule has 0 aliphatic rings. The van der Waals surface area contributed by atoms with Gasteiger partial charge in [0.2, 0.25) is 0 Å². The van der Waals surface area contributed by atoms with Crippen molar-refractivity contribution in [3.63, 3.8) is 0 Å². The number of hydrogen-bond donors (Lipinski definition) is 2. The van der Waals surface area contributed by atoms with E-state index in [1.54, 1.807) is 12.3 Å². The maximum atomic E-state index is 11.9. The standard InChI is InChI=1S/C18H23N3O/c1-3-5-12-19-18(22)17-11-10-16(13-20-17)21-15-8-6-14(4-2)7-9-15/h6-11,13,21H,3-5,12H2,1-2H3,(H,19,22). The molecule has 2 N–H and O–H groups in total. The third-order valence-corrected chi connectivity index (χ3v) is 3.46. The molecule has 0 atom stereocenters. The average Bonchev–Trinajstić information content (AvgIpc) is 2.56. The zero-order chi connectivity index (χ0) is 15.8. The summed E-state index contributed by atoms with van der Waals surface area (Å²) in [5.74, 6) is -0.118. The van der Waals surface area contributed by atoms with Gasteiger partial charge in [-0.3, -0.25) is 4.79 Å². The van der Waals surface area contributed by atoms with E-state index in [4.69, 9.17) is 0 Å². The number of unbranched alkanes of at least 4 members (excludes halogenated alkanes) is 1. The molecule has 4 nitrogen and oxygen atoms in total. The molecule has 0 bridgehead atoms. The maximum absolute atomic E-state index is 11.9. The molecule has 0 spiro atoms. The molecule has 0 aliphatic carbocycles. The molecule has 0 saturated heterocycles. The van der Waals surface area contributed by atoms with E-state index in [0.29, 0.717) is 12.2 Å². The second-order valence-electron chi connectivity index (χ2n) is 5.22. The molecule has 116 valence electrons. The molecule has 22 heavy (non-hydrogen) atoms. The van der Waals surface area contributed by atoms with E-state index in [1.165, 1.54) is 5.56 Å². The molecule has 1 amide bonds. The van der Waals surface area contributed by atoms with Gasteiger partial charge in [-0.1, -0.05) is 32.4 Å². The summed E-state index contributed by atoms with van der Waals surface area (Å²) in [6.07, 6.45) is 4.76. The first-order valence-electron chi connectivity index (χ1n) is 7.83. The summed E-state index contributed by atoms with van der Waals surface area (Å²) < 4.78 is 0. The van der Waals surface area contributed by atoms with E-state index in [0.717, 1.165) is 30.6 Å². The van der Waals surface area contributed by atoms with Gasteiger partial charge in [0, 0.05) is 12.2 Å². The second-order valence-corrected chi connectivity index (χ2v) is 5.22. The summed E-state index contributed by atoms with van der Waals surface area (Å²) in [6.45, 7) is 4.93. The fraction of sp³-hybridized carbons (Fsp3) is 0.333. The van der Waals surface area contributed by atoms with Gasteiger partial charge in [0.25, 0.3) is 5.91 Å². The highest BCUT2D eigenvalue weighted by Gasteiger charge is 2.06. The predicted molar refractivity (Wildman–Crippen MR) is 90.6 cm³/mol. The van der Waals surface area contributed by atoms with Crippen LogP contribution >= 0.6 is 0 Å². The molecule has 0 fully saturated rings. The lowest BCUT2D eigenvalue weighted by atomic mass is 10.1. The van der Waals surface area contributed by atoms with Crippen LogP contribution in [0.15, 0.2) is 42.6 Å². The van der Waals surface area contributed by atoms with Crippen LogP contribution in [0.25, 0.3) is 0 Å². The van der Waals surface area contributed by atoms with Crippen molar-refractivity contribution < 1.29 is 4.79 Å². The van der Waals surface area contributed by atoms with Crippen molar-refractivity contribution >= 4 is 17.3 Å². The van der Waals surface area contributed by atoms with Crippen molar-refractivity contribution in [3.8, 4) is 0 Å². The summed E-state index contributed by atoms with van der Waals surface area (Å²) in [6, 6.07) is 11.9. The quantitative estimate of drug-likeness (QED) is 0.762. The van der Waals surface area contributed by atoms with E-state index >= 15 is 0 Å². The number of hydrogen-bond acceptors (Lipinski definition) is 3. The number of nitrogens with zero attached hydrogens (tertiary/aromatic N) is 1. The molecule has 0 saturated carbocycles. The number of carbonyl (C=O) groups is 1. The third-order valence-electron chi connectivity index (χ3n) is 3.46. The van der Waals surface area contributed by atoms with E-state index in [1.807, 2.05) is 18.2 Å². The molecule has 1 aromatic carbocycles. The fourth-order valence-electron chi connectivity index (χ4n) is 2.06. The van der Waals surface area contributed by atoms with Crippen molar-refractivity contribution in [3.05, 3.63) is 53.9 Å². The van der Waals surface area contributed by atoms with Crippen LogP contribution in [0.5, 0.6) is 0 Å². The number of anilines is 2. The van der Waals surface area contributed by atoms with Crippen molar-refractivity contribution in [2.45, 2.75) is 33.1 Å². The number of pyridine rings is 1. The summed E-state index contributed by atoms with van der Waals surface area (Å²) in [4.78, 5) is 16.1. The smallest absolute Gasteiger partial charge is 0.269 e. The summed E-state index contributed by atoms with van der Waals surface area (Å²) in [7, 11) is 0. The number of carbonyl (C=O) groups excluding carboxylic acids is 1. The number of benzene rings is 1. The van der Waals surface area contributed by atoms with Gasteiger partial charge >= 0.3 is 0 Å². The van der Waals surface area contributed by atoms with Gasteiger partial charge in [-0.15, -0.1) is 0 Å². The van der Waals surface area contributed by atoms with Gasteiger partial charge in [0.05, 0.1) is 11.9 Å². The Labute approximate surface area is 132 Å². The molecule has 4 heteroatoms. The molecule has 1 aromatic heterocycles. The van der Waals surface area contributed by atoms with Gasteiger partial charge in [0.1, 0.15) is 5.69 Å². The first-order chi connectivity index (χ1) is 10.7. The normalized spacial score (nSPS) is 10.3. The largest absolute Gasteiger partial charge is 0.354 e. The Hall–Kier alpha value is -2.36. The third kappa shape index (κ3) is 4.58. The minimum atomic E-state index is -0.118. The number of amides is 1. The van der Waals surface area contributed by atoms with E-state index in [2.05, 4.69) is 41.6 Å². The highest BCUT2D eigenvalue weighted by molar-refractivity contribution is 5.92. The lowest BCUT2D eigenvalue weighted by Crippen LogP contribution is -2.25. The highest BCUT2D eigenvalue weighted by atomic mass is 16.1. The Kier molecular flexibility index (Phi) is 5.95. The molecular formula is C18H23N3O. The summed E-state index contributed by atoms with van der Waals surface area (Å²) in [5.41, 5.74) is 3.64. The average molecular weight is 297 g/mol. The van der Waals surface area contributed by atoms with Crippen LogP contribution in [0.4, 0.5) is 11.4 Å². The van der Waals surface area contributed by atoms with Gasteiger partial charge in [-0.2, -0.15) is 0 Å². The molecular weight excluding hydrogens is 274 g/mol. The molecule has 0 unspecified atom stereocenters. The zero-order valence-corrected chi connectivity index (χ0v) is 13.2.